The van der Waals surface area contributed by atoms with Crippen molar-refractivity contribution in [3.63, 3.8) is 0 Å². The summed E-state index contributed by atoms with van der Waals surface area (Å²) >= 11 is 0. The second kappa shape index (κ2) is 3.90. The number of aliphatic hydroxyl groups excluding tert-OH is 1. The van der Waals surface area contributed by atoms with Crippen LogP contribution in [0.5, 0.6) is 0 Å². The summed E-state index contributed by atoms with van der Waals surface area (Å²) in [6.07, 6.45) is 0. The molecule has 0 saturated heterocycles. The van der Waals surface area contributed by atoms with Gasteiger partial charge in [0.25, 0.3) is 0 Å². The maximum Gasteiger partial charge on any atom is 0.104 e. The molecule has 72 valence electrons. The highest BCUT2D eigenvalue weighted by Gasteiger charge is 2.08. The normalized spacial score (nSPS) is 11.7. The maximum atomic E-state index is 8.96. The zero-order valence-electron chi connectivity index (χ0n) is 8.62. The lowest BCUT2D eigenvalue weighted by molar-refractivity contribution is -0.884. The van der Waals surface area contributed by atoms with Gasteiger partial charge in [-0.2, -0.15) is 0 Å². The fraction of sp³-hybridized carbons (Fsp3) is 0.455. The third-order valence-corrected chi connectivity index (χ3v) is 1.83. The van der Waals surface area contributed by atoms with Crippen molar-refractivity contribution in [1.82, 2.24) is 0 Å². The molecule has 0 saturated carbocycles. The van der Waals surface area contributed by atoms with Crippen LogP contribution in [0, 0.1) is 0 Å². The summed E-state index contributed by atoms with van der Waals surface area (Å²) < 4.78 is 0.912. The summed E-state index contributed by atoms with van der Waals surface area (Å²) in [5, 5.41) is 8.96. The Labute approximate surface area is 80.0 Å². The fourth-order valence-corrected chi connectivity index (χ4v) is 1.37. The molecule has 0 heterocycles. The first kappa shape index (κ1) is 10.2. The van der Waals surface area contributed by atoms with E-state index >= 15 is 0 Å². The van der Waals surface area contributed by atoms with Crippen molar-refractivity contribution in [3.05, 3.63) is 35.4 Å². The van der Waals surface area contributed by atoms with E-state index in [1.54, 1.807) is 0 Å². The molecule has 0 aliphatic heterocycles. The fourth-order valence-electron chi connectivity index (χ4n) is 1.37. The molecule has 2 nitrogen and oxygen atoms in total. The van der Waals surface area contributed by atoms with Crippen LogP contribution in [0.15, 0.2) is 24.3 Å². The largest absolute Gasteiger partial charge is 0.392 e. The smallest absolute Gasteiger partial charge is 0.104 e. The number of benzene rings is 1. The second-order valence-corrected chi connectivity index (χ2v) is 4.43. The van der Waals surface area contributed by atoms with Crippen molar-refractivity contribution in [2.75, 3.05) is 21.1 Å². The van der Waals surface area contributed by atoms with Crippen LogP contribution in [0.4, 0.5) is 0 Å². The molecule has 1 aromatic rings. The number of hydrogen-bond acceptors (Lipinski definition) is 1. The van der Waals surface area contributed by atoms with Gasteiger partial charge in [0.05, 0.1) is 27.7 Å². The van der Waals surface area contributed by atoms with E-state index in [2.05, 4.69) is 33.3 Å². The monoisotopic (exact) mass is 180 g/mol. The van der Waals surface area contributed by atoms with E-state index in [9.17, 15) is 0 Å². The lowest BCUT2D eigenvalue weighted by Crippen LogP contribution is -2.33. The van der Waals surface area contributed by atoms with Crippen LogP contribution in [0.2, 0.25) is 0 Å². The molecule has 0 unspecified atom stereocenters. The van der Waals surface area contributed by atoms with E-state index in [1.165, 1.54) is 5.56 Å². The van der Waals surface area contributed by atoms with Crippen molar-refractivity contribution in [2.24, 2.45) is 0 Å². The number of quaternary nitrogens is 1. The number of rotatable bonds is 3. The molecule has 2 heteroatoms. The van der Waals surface area contributed by atoms with Gasteiger partial charge in [0, 0.05) is 5.56 Å². The third kappa shape index (κ3) is 3.57. The molecule has 1 N–H and O–H groups in total. The van der Waals surface area contributed by atoms with Gasteiger partial charge in [0.1, 0.15) is 6.54 Å². The van der Waals surface area contributed by atoms with Crippen LogP contribution in [-0.4, -0.2) is 30.7 Å². The van der Waals surface area contributed by atoms with Crippen LogP contribution < -0.4 is 0 Å². The Balaban J connectivity index is 2.78. The molecular weight excluding hydrogens is 162 g/mol. The summed E-state index contributed by atoms with van der Waals surface area (Å²) in [4.78, 5) is 0. The molecule has 0 atom stereocenters. The molecule has 0 bridgehead atoms. The van der Waals surface area contributed by atoms with Gasteiger partial charge in [-0.05, 0) is 11.6 Å². The molecule has 0 spiro atoms. The summed E-state index contributed by atoms with van der Waals surface area (Å²) in [6.45, 7) is 1.12. The minimum absolute atomic E-state index is 0.130. The Hall–Kier alpha value is -0.860. The minimum Gasteiger partial charge on any atom is -0.392 e. The molecular formula is C11H18NO+. The van der Waals surface area contributed by atoms with Crippen molar-refractivity contribution in [2.45, 2.75) is 13.2 Å². The molecule has 1 rings (SSSR count). The Morgan fingerprint density at radius 3 is 2.31 bits per heavy atom. The molecule has 0 amide bonds. The minimum atomic E-state index is 0.130. The number of nitrogens with zero attached hydrogens (tertiary/aromatic N) is 1. The van der Waals surface area contributed by atoms with Crippen LogP contribution in [0.25, 0.3) is 0 Å². The SMILES string of the molecule is C[N+](C)(C)Cc1cccc(CO)c1. The highest BCUT2D eigenvalue weighted by atomic mass is 16.3. The lowest BCUT2D eigenvalue weighted by Gasteiger charge is -2.24. The number of hydrogen-bond donors (Lipinski definition) is 1. The second-order valence-electron chi connectivity index (χ2n) is 4.43. The van der Waals surface area contributed by atoms with Gasteiger partial charge in [-0.1, -0.05) is 18.2 Å². The molecule has 0 aromatic heterocycles. The maximum absolute atomic E-state index is 8.96. The lowest BCUT2D eigenvalue weighted by atomic mass is 10.1. The third-order valence-electron chi connectivity index (χ3n) is 1.83. The van der Waals surface area contributed by atoms with Crippen molar-refractivity contribution < 1.29 is 9.59 Å². The average molecular weight is 180 g/mol. The van der Waals surface area contributed by atoms with Gasteiger partial charge < -0.3 is 9.59 Å². The van der Waals surface area contributed by atoms with Crippen LogP contribution in [0.3, 0.4) is 0 Å². The predicted molar refractivity (Wildman–Crippen MR) is 54.1 cm³/mol. The predicted octanol–water partition coefficient (Wildman–Crippen LogP) is 1.39. The number of aliphatic hydroxyl groups is 1. The first-order chi connectivity index (χ1) is 6.01. The van der Waals surface area contributed by atoms with Gasteiger partial charge in [-0.3, -0.25) is 0 Å². The first-order valence-corrected chi connectivity index (χ1v) is 4.50. The highest BCUT2D eigenvalue weighted by molar-refractivity contribution is 5.22. The molecule has 1 aromatic carbocycles. The Kier molecular flexibility index (Phi) is 3.07. The first-order valence-electron chi connectivity index (χ1n) is 4.50. The standard InChI is InChI=1S/C11H18NO/c1-12(2,3)8-10-5-4-6-11(7-10)9-13/h4-7,13H,8-9H2,1-3H3/q+1. The molecule has 0 fully saturated rings. The summed E-state index contributed by atoms with van der Waals surface area (Å²) in [7, 11) is 6.48. The average Bonchev–Trinajstić information content (AvgIpc) is 2.01. The van der Waals surface area contributed by atoms with Gasteiger partial charge in [-0.15, -0.1) is 0 Å². The summed E-state index contributed by atoms with van der Waals surface area (Å²) in [5.74, 6) is 0. The molecule has 13 heavy (non-hydrogen) atoms. The summed E-state index contributed by atoms with van der Waals surface area (Å²) in [6, 6.07) is 8.10. The van der Waals surface area contributed by atoms with Crippen molar-refractivity contribution in [1.29, 1.82) is 0 Å². The highest BCUT2D eigenvalue weighted by Crippen LogP contribution is 2.09. The van der Waals surface area contributed by atoms with Crippen LogP contribution in [-0.2, 0) is 13.2 Å². The van der Waals surface area contributed by atoms with Crippen molar-refractivity contribution >= 4 is 0 Å². The van der Waals surface area contributed by atoms with E-state index in [-0.39, 0.29) is 6.61 Å². The van der Waals surface area contributed by atoms with Gasteiger partial charge in [-0.25, -0.2) is 0 Å². The quantitative estimate of drug-likeness (QED) is 0.697. The van der Waals surface area contributed by atoms with Gasteiger partial charge in [0.2, 0.25) is 0 Å². The Morgan fingerprint density at radius 1 is 1.15 bits per heavy atom. The van der Waals surface area contributed by atoms with E-state index in [0.717, 1.165) is 16.6 Å². The van der Waals surface area contributed by atoms with Gasteiger partial charge in [0.15, 0.2) is 0 Å². The van der Waals surface area contributed by atoms with Crippen LogP contribution >= 0.6 is 0 Å². The zero-order chi connectivity index (χ0) is 9.90. The Bertz CT molecular complexity index is 276. The topological polar surface area (TPSA) is 20.2 Å². The molecule has 0 aliphatic rings. The van der Waals surface area contributed by atoms with E-state index in [0.29, 0.717) is 0 Å². The van der Waals surface area contributed by atoms with E-state index < -0.39 is 0 Å². The van der Waals surface area contributed by atoms with E-state index in [1.807, 2.05) is 12.1 Å². The van der Waals surface area contributed by atoms with Gasteiger partial charge >= 0.3 is 0 Å². The summed E-state index contributed by atoms with van der Waals surface area (Å²) in [5.41, 5.74) is 2.27. The van der Waals surface area contributed by atoms with E-state index in [4.69, 9.17) is 5.11 Å². The molecule has 0 aliphatic carbocycles. The van der Waals surface area contributed by atoms with Crippen molar-refractivity contribution in [3.8, 4) is 0 Å². The molecule has 0 radical (unpaired) electrons. The zero-order valence-corrected chi connectivity index (χ0v) is 8.62. The Morgan fingerprint density at radius 2 is 1.77 bits per heavy atom. The van der Waals surface area contributed by atoms with Crippen LogP contribution in [0.1, 0.15) is 11.1 Å².